The minimum Gasteiger partial charge on any atom is -0.491 e. The first-order valence-electron chi connectivity index (χ1n) is 8.51. The van der Waals surface area contributed by atoms with E-state index in [1.807, 2.05) is 56.3 Å². The maximum Gasteiger partial charge on any atom is 0.275 e. The summed E-state index contributed by atoms with van der Waals surface area (Å²) >= 11 is 0. The number of rotatable bonds is 6. The Morgan fingerprint density at radius 2 is 1.76 bits per heavy atom. The zero-order valence-electron chi connectivity index (χ0n) is 14.5. The Bertz CT molecular complexity index is 790. The third-order valence-corrected chi connectivity index (χ3v) is 3.79. The summed E-state index contributed by atoms with van der Waals surface area (Å²) in [7, 11) is 0. The molecule has 0 spiro atoms. The van der Waals surface area contributed by atoms with E-state index in [1.54, 1.807) is 6.08 Å². The average Bonchev–Trinajstić information content (AvgIpc) is 2.95. The molecule has 128 valence electrons. The minimum absolute atomic E-state index is 0.140. The van der Waals surface area contributed by atoms with Crippen molar-refractivity contribution in [2.45, 2.75) is 32.8 Å². The van der Waals surface area contributed by atoms with Gasteiger partial charge in [-0.3, -0.25) is 4.79 Å². The van der Waals surface area contributed by atoms with Gasteiger partial charge in [0.2, 0.25) is 0 Å². The largest absolute Gasteiger partial charge is 0.491 e. The van der Waals surface area contributed by atoms with Crippen LogP contribution in [0, 0.1) is 0 Å². The molecule has 1 aliphatic heterocycles. The van der Waals surface area contributed by atoms with Gasteiger partial charge in [-0.15, -0.1) is 0 Å². The highest BCUT2D eigenvalue weighted by molar-refractivity contribution is 6.14. The fraction of sp³-hybridized carbons (Fsp3) is 0.238. The van der Waals surface area contributed by atoms with Crippen molar-refractivity contribution in [3.05, 3.63) is 71.4 Å². The van der Waals surface area contributed by atoms with Crippen LogP contribution in [0.1, 0.15) is 31.4 Å². The molecule has 0 aliphatic carbocycles. The van der Waals surface area contributed by atoms with Crippen LogP contribution in [-0.2, 0) is 11.2 Å². The summed E-state index contributed by atoms with van der Waals surface area (Å²) < 4.78 is 5.62. The lowest BCUT2D eigenvalue weighted by Crippen LogP contribution is -2.24. The smallest absolute Gasteiger partial charge is 0.275 e. The van der Waals surface area contributed by atoms with E-state index in [1.165, 1.54) is 5.56 Å². The molecular weight excluding hydrogens is 312 g/mol. The zero-order valence-corrected chi connectivity index (χ0v) is 14.5. The van der Waals surface area contributed by atoms with Gasteiger partial charge in [-0.05, 0) is 49.6 Å². The predicted molar refractivity (Wildman–Crippen MR) is 101 cm³/mol. The summed E-state index contributed by atoms with van der Waals surface area (Å²) in [6.07, 6.45) is 3.51. The molecule has 0 saturated carbocycles. The zero-order chi connectivity index (χ0) is 17.6. The first-order valence-corrected chi connectivity index (χ1v) is 8.51. The molecule has 1 amide bonds. The number of hydrogen-bond acceptors (Lipinski definition) is 3. The number of nitrogens with one attached hydrogen (secondary N) is 1. The number of amides is 1. The van der Waals surface area contributed by atoms with E-state index in [0.29, 0.717) is 12.1 Å². The normalized spacial score (nSPS) is 15.4. The van der Waals surface area contributed by atoms with Crippen LogP contribution in [0.15, 0.2) is 65.3 Å². The molecular formula is C21H22N2O2. The van der Waals surface area contributed by atoms with Gasteiger partial charge in [0.15, 0.2) is 0 Å². The second-order valence-electron chi connectivity index (χ2n) is 6.26. The number of carbonyl (C=O) groups is 1. The Morgan fingerprint density at radius 3 is 2.44 bits per heavy atom. The maximum absolute atomic E-state index is 12.1. The summed E-state index contributed by atoms with van der Waals surface area (Å²) in [6, 6.07) is 17.8. The Balaban J connectivity index is 1.66. The first-order chi connectivity index (χ1) is 12.1. The number of aliphatic imine (C=N–C) groups is 1. The lowest BCUT2D eigenvalue weighted by atomic mass is 10.1. The summed E-state index contributed by atoms with van der Waals surface area (Å²) in [5, 5.41) is 2.85. The Morgan fingerprint density at radius 1 is 1.04 bits per heavy atom. The van der Waals surface area contributed by atoms with Crippen molar-refractivity contribution in [1.82, 2.24) is 5.32 Å². The van der Waals surface area contributed by atoms with Crippen LogP contribution in [0.25, 0.3) is 6.08 Å². The highest BCUT2D eigenvalue weighted by Gasteiger charge is 2.19. The van der Waals surface area contributed by atoms with Crippen LogP contribution in [0.4, 0.5) is 0 Å². The number of hydrogen-bond donors (Lipinski definition) is 1. The van der Waals surface area contributed by atoms with Gasteiger partial charge < -0.3 is 10.1 Å². The SMILES string of the molecule is CC(C)Oc1ccc(/C=C2/N=C(CCc3ccccc3)NC2=O)cc1. The van der Waals surface area contributed by atoms with Crippen LogP contribution < -0.4 is 10.1 Å². The van der Waals surface area contributed by atoms with E-state index < -0.39 is 0 Å². The number of ether oxygens (including phenoxy) is 1. The van der Waals surface area contributed by atoms with Crippen molar-refractivity contribution in [2.24, 2.45) is 4.99 Å². The summed E-state index contributed by atoms with van der Waals surface area (Å²) in [5.74, 6) is 1.39. The molecule has 0 fully saturated rings. The molecule has 1 aliphatic rings. The highest BCUT2D eigenvalue weighted by atomic mass is 16.5. The maximum atomic E-state index is 12.1. The second-order valence-corrected chi connectivity index (χ2v) is 6.26. The van der Waals surface area contributed by atoms with E-state index in [0.717, 1.165) is 23.6 Å². The van der Waals surface area contributed by atoms with Crippen LogP contribution in [0.5, 0.6) is 5.75 Å². The van der Waals surface area contributed by atoms with Gasteiger partial charge in [0, 0.05) is 6.42 Å². The molecule has 4 heteroatoms. The molecule has 0 unspecified atom stereocenters. The van der Waals surface area contributed by atoms with Gasteiger partial charge in [-0.2, -0.15) is 0 Å². The second kappa shape index (κ2) is 7.79. The van der Waals surface area contributed by atoms with E-state index >= 15 is 0 Å². The number of benzene rings is 2. The first kappa shape index (κ1) is 17.0. The molecule has 1 N–H and O–H groups in total. The Labute approximate surface area is 148 Å². The molecule has 0 radical (unpaired) electrons. The van der Waals surface area contributed by atoms with Crippen molar-refractivity contribution in [1.29, 1.82) is 0 Å². The fourth-order valence-electron chi connectivity index (χ4n) is 2.62. The number of nitrogens with zero attached hydrogens (tertiary/aromatic N) is 1. The van der Waals surface area contributed by atoms with E-state index in [-0.39, 0.29) is 12.0 Å². The predicted octanol–water partition coefficient (Wildman–Crippen LogP) is 3.98. The van der Waals surface area contributed by atoms with Crippen LogP contribution >= 0.6 is 0 Å². The lowest BCUT2D eigenvalue weighted by molar-refractivity contribution is -0.115. The van der Waals surface area contributed by atoms with Gasteiger partial charge >= 0.3 is 0 Å². The average molecular weight is 334 g/mol. The lowest BCUT2D eigenvalue weighted by Gasteiger charge is -2.09. The van der Waals surface area contributed by atoms with Crippen LogP contribution in [0.3, 0.4) is 0 Å². The molecule has 0 aromatic heterocycles. The van der Waals surface area contributed by atoms with Crippen molar-refractivity contribution in [3.8, 4) is 5.75 Å². The number of carbonyl (C=O) groups excluding carboxylic acids is 1. The number of aryl methyl sites for hydroxylation is 1. The van der Waals surface area contributed by atoms with E-state index in [4.69, 9.17) is 4.74 Å². The Hall–Kier alpha value is -2.88. The van der Waals surface area contributed by atoms with E-state index in [9.17, 15) is 4.79 Å². The molecule has 0 atom stereocenters. The quantitative estimate of drug-likeness (QED) is 0.813. The molecule has 25 heavy (non-hydrogen) atoms. The standard InChI is InChI=1S/C21H22N2O2/c1-15(2)25-18-11-8-17(9-12-18)14-19-21(24)23-20(22-19)13-10-16-6-4-3-5-7-16/h3-9,11-12,14-15H,10,13H2,1-2H3,(H,22,23,24)/b19-14+. The van der Waals surface area contributed by atoms with Crippen molar-refractivity contribution in [3.63, 3.8) is 0 Å². The fourth-order valence-corrected chi connectivity index (χ4v) is 2.62. The molecule has 3 rings (SSSR count). The molecule has 2 aromatic carbocycles. The van der Waals surface area contributed by atoms with Crippen molar-refractivity contribution >= 4 is 17.8 Å². The summed E-state index contributed by atoms with van der Waals surface area (Å²) in [4.78, 5) is 16.5. The summed E-state index contributed by atoms with van der Waals surface area (Å²) in [5.41, 5.74) is 2.60. The molecule has 0 saturated heterocycles. The summed E-state index contributed by atoms with van der Waals surface area (Å²) in [6.45, 7) is 3.98. The van der Waals surface area contributed by atoms with Gasteiger partial charge in [0.1, 0.15) is 17.3 Å². The topological polar surface area (TPSA) is 50.7 Å². The number of amidine groups is 1. The van der Waals surface area contributed by atoms with Crippen molar-refractivity contribution in [2.75, 3.05) is 0 Å². The van der Waals surface area contributed by atoms with Crippen LogP contribution in [-0.4, -0.2) is 17.8 Å². The van der Waals surface area contributed by atoms with Gasteiger partial charge in [0.05, 0.1) is 6.10 Å². The van der Waals surface area contributed by atoms with Gasteiger partial charge in [0.25, 0.3) is 5.91 Å². The highest BCUT2D eigenvalue weighted by Crippen LogP contribution is 2.18. The molecule has 4 nitrogen and oxygen atoms in total. The van der Waals surface area contributed by atoms with Gasteiger partial charge in [-0.1, -0.05) is 42.5 Å². The van der Waals surface area contributed by atoms with Gasteiger partial charge in [-0.25, -0.2) is 4.99 Å². The Kier molecular flexibility index (Phi) is 5.29. The monoisotopic (exact) mass is 334 g/mol. The van der Waals surface area contributed by atoms with Crippen molar-refractivity contribution < 1.29 is 9.53 Å². The minimum atomic E-state index is -0.148. The molecule has 2 aromatic rings. The molecule has 1 heterocycles. The third kappa shape index (κ3) is 4.80. The molecule has 0 bridgehead atoms. The third-order valence-electron chi connectivity index (χ3n) is 3.79. The van der Waals surface area contributed by atoms with E-state index in [2.05, 4.69) is 22.4 Å². The van der Waals surface area contributed by atoms with Crippen LogP contribution in [0.2, 0.25) is 0 Å².